The van der Waals surface area contributed by atoms with Crippen LogP contribution >= 0.6 is 0 Å². The summed E-state index contributed by atoms with van der Waals surface area (Å²) in [6.07, 6.45) is 8.01. The van der Waals surface area contributed by atoms with Crippen molar-refractivity contribution < 1.29 is 4.79 Å². The molecule has 23 heavy (non-hydrogen) atoms. The van der Waals surface area contributed by atoms with Crippen molar-refractivity contribution in [1.82, 2.24) is 0 Å². The van der Waals surface area contributed by atoms with Crippen LogP contribution in [0.4, 0.5) is 5.69 Å². The summed E-state index contributed by atoms with van der Waals surface area (Å²) in [4.78, 5) is 12.3. The van der Waals surface area contributed by atoms with Crippen LogP contribution in [0.3, 0.4) is 0 Å². The SMILES string of the molecule is O=C(CC1CCCCC1)Nc1ccc2c(c1)-c1ccccc1C2. The van der Waals surface area contributed by atoms with Crippen LogP contribution in [0.15, 0.2) is 42.5 Å². The largest absolute Gasteiger partial charge is 0.326 e. The first-order chi connectivity index (χ1) is 11.3. The van der Waals surface area contributed by atoms with Gasteiger partial charge in [-0.15, -0.1) is 0 Å². The van der Waals surface area contributed by atoms with Crippen LogP contribution in [0.2, 0.25) is 0 Å². The number of carbonyl (C=O) groups excluding carboxylic acids is 1. The van der Waals surface area contributed by atoms with E-state index in [4.69, 9.17) is 0 Å². The van der Waals surface area contributed by atoms with Gasteiger partial charge in [0.1, 0.15) is 0 Å². The molecule has 2 aromatic rings. The third-order valence-electron chi connectivity index (χ3n) is 5.28. The van der Waals surface area contributed by atoms with E-state index in [9.17, 15) is 4.79 Å². The van der Waals surface area contributed by atoms with Gasteiger partial charge in [-0.05, 0) is 59.6 Å². The first kappa shape index (κ1) is 14.5. The summed E-state index contributed by atoms with van der Waals surface area (Å²) >= 11 is 0. The molecule has 118 valence electrons. The zero-order chi connectivity index (χ0) is 15.6. The molecule has 1 saturated carbocycles. The number of hydrogen-bond donors (Lipinski definition) is 1. The van der Waals surface area contributed by atoms with Crippen LogP contribution in [-0.2, 0) is 11.2 Å². The summed E-state index contributed by atoms with van der Waals surface area (Å²) in [6.45, 7) is 0. The first-order valence-corrected chi connectivity index (χ1v) is 8.80. The Balaban J connectivity index is 1.48. The molecule has 2 aromatic carbocycles. The predicted molar refractivity (Wildman–Crippen MR) is 94.5 cm³/mol. The number of nitrogens with one attached hydrogen (secondary N) is 1. The minimum atomic E-state index is 0.170. The zero-order valence-corrected chi connectivity index (χ0v) is 13.5. The highest BCUT2D eigenvalue weighted by atomic mass is 16.1. The number of rotatable bonds is 3. The predicted octanol–water partition coefficient (Wildman–Crippen LogP) is 5.17. The van der Waals surface area contributed by atoms with Gasteiger partial charge in [-0.1, -0.05) is 49.6 Å². The Labute approximate surface area is 137 Å². The van der Waals surface area contributed by atoms with E-state index in [0.717, 1.165) is 12.1 Å². The lowest BCUT2D eigenvalue weighted by Crippen LogP contribution is -2.18. The fourth-order valence-electron chi connectivity index (χ4n) is 4.07. The summed E-state index contributed by atoms with van der Waals surface area (Å²) < 4.78 is 0. The van der Waals surface area contributed by atoms with Gasteiger partial charge in [-0.2, -0.15) is 0 Å². The zero-order valence-electron chi connectivity index (χ0n) is 13.5. The summed E-state index contributed by atoms with van der Waals surface area (Å²) in [7, 11) is 0. The Kier molecular flexibility index (Phi) is 3.90. The normalized spacial score (nSPS) is 16.7. The van der Waals surface area contributed by atoms with Gasteiger partial charge in [0.05, 0.1) is 0 Å². The van der Waals surface area contributed by atoms with Crippen molar-refractivity contribution >= 4 is 11.6 Å². The molecular weight excluding hydrogens is 282 g/mol. The fourth-order valence-corrected chi connectivity index (χ4v) is 4.07. The van der Waals surface area contributed by atoms with Crippen molar-refractivity contribution in [2.45, 2.75) is 44.9 Å². The van der Waals surface area contributed by atoms with Gasteiger partial charge in [0, 0.05) is 12.1 Å². The number of fused-ring (bicyclic) bond motifs is 3. The van der Waals surface area contributed by atoms with Crippen molar-refractivity contribution in [3.63, 3.8) is 0 Å². The Morgan fingerprint density at radius 2 is 1.74 bits per heavy atom. The molecule has 0 atom stereocenters. The second kappa shape index (κ2) is 6.19. The van der Waals surface area contributed by atoms with Gasteiger partial charge in [0.2, 0.25) is 5.91 Å². The number of hydrogen-bond acceptors (Lipinski definition) is 1. The number of amides is 1. The van der Waals surface area contributed by atoms with Crippen LogP contribution in [-0.4, -0.2) is 5.91 Å². The lowest BCUT2D eigenvalue weighted by Gasteiger charge is -2.20. The highest BCUT2D eigenvalue weighted by Gasteiger charge is 2.20. The van der Waals surface area contributed by atoms with E-state index in [1.165, 1.54) is 54.4 Å². The van der Waals surface area contributed by atoms with E-state index < -0.39 is 0 Å². The lowest BCUT2D eigenvalue weighted by molar-refractivity contribution is -0.117. The maximum absolute atomic E-state index is 12.3. The molecule has 0 spiro atoms. The lowest BCUT2D eigenvalue weighted by atomic mass is 9.87. The van der Waals surface area contributed by atoms with Gasteiger partial charge in [0.25, 0.3) is 0 Å². The van der Waals surface area contributed by atoms with Gasteiger partial charge < -0.3 is 5.32 Å². The summed E-state index contributed by atoms with van der Waals surface area (Å²) in [6, 6.07) is 14.9. The van der Waals surface area contributed by atoms with Crippen LogP contribution in [0.1, 0.15) is 49.7 Å². The third-order valence-corrected chi connectivity index (χ3v) is 5.28. The number of carbonyl (C=O) groups is 1. The molecule has 4 rings (SSSR count). The van der Waals surface area contributed by atoms with Crippen molar-refractivity contribution in [1.29, 1.82) is 0 Å². The molecule has 1 fully saturated rings. The van der Waals surface area contributed by atoms with Gasteiger partial charge in [0.15, 0.2) is 0 Å². The molecule has 2 aliphatic rings. The molecule has 0 aliphatic heterocycles. The smallest absolute Gasteiger partial charge is 0.224 e. The molecule has 0 aromatic heterocycles. The monoisotopic (exact) mass is 305 g/mol. The summed E-state index contributed by atoms with van der Waals surface area (Å²) in [5, 5.41) is 3.11. The van der Waals surface area contributed by atoms with E-state index in [1.807, 2.05) is 6.07 Å². The molecule has 2 heteroatoms. The second-order valence-corrected chi connectivity index (χ2v) is 6.96. The maximum Gasteiger partial charge on any atom is 0.224 e. The first-order valence-electron chi connectivity index (χ1n) is 8.80. The topological polar surface area (TPSA) is 29.1 Å². The van der Waals surface area contributed by atoms with Crippen LogP contribution in [0.25, 0.3) is 11.1 Å². The molecule has 2 aliphatic carbocycles. The Hall–Kier alpha value is -2.09. The van der Waals surface area contributed by atoms with E-state index in [-0.39, 0.29) is 5.91 Å². The molecule has 0 radical (unpaired) electrons. The third kappa shape index (κ3) is 3.03. The molecule has 0 saturated heterocycles. The second-order valence-electron chi connectivity index (χ2n) is 6.96. The van der Waals surface area contributed by atoms with Crippen molar-refractivity contribution in [2.75, 3.05) is 5.32 Å². The Morgan fingerprint density at radius 3 is 2.61 bits per heavy atom. The van der Waals surface area contributed by atoms with Gasteiger partial charge in [-0.3, -0.25) is 4.79 Å². The van der Waals surface area contributed by atoms with E-state index in [1.54, 1.807) is 0 Å². The van der Waals surface area contributed by atoms with Crippen molar-refractivity contribution in [3.8, 4) is 11.1 Å². The minimum absolute atomic E-state index is 0.170. The Bertz CT molecular complexity index is 728. The summed E-state index contributed by atoms with van der Waals surface area (Å²) in [5.74, 6) is 0.752. The van der Waals surface area contributed by atoms with E-state index in [0.29, 0.717) is 12.3 Å². The molecule has 1 N–H and O–H groups in total. The Morgan fingerprint density at radius 1 is 0.957 bits per heavy atom. The van der Waals surface area contributed by atoms with Gasteiger partial charge >= 0.3 is 0 Å². The van der Waals surface area contributed by atoms with E-state index >= 15 is 0 Å². The number of anilines is 1. The van der Waals surface area contributed by atoms with Gasteiger partial charge in [-0.25, -0.2) is 0 Å². The quantitative estimate of drug-likeness (QED) is 0.711. The fraction of sp³-hybridized carbons (Fsp3) is 0.381. The number of benzene rings is 2. The highest BCUT2D eigenvalue weighted by Crippen LogP contribution is 2.38. The average molecular weight is 305 g/mol. The van der Waals surface area contributed by atoms with E-state index in [2.05, 4.69) is 41.7 Å². The molecule has 0 unspecified atom stereocenters. The van der Waals surface area contributed by atoms with Crippen LogP contribution in [0, 0.1) is 5.92 Å². The molecule has 0 heterocycles. The summed E-state index contributed by atoms with van der Waals surface area (Å²) in [5.41, 5.74) is 6.26. The molecule has 2 nitrogen and oxygen atoms in total. The minimum Gasteiger partial charge on any atom is -0.326 e. The molecule has 1 amide bonds. The van der Waals surface area contributed by atoms with Crippen LogP contribution in [0.5, 0.6) is 0 Å². The van der Waals surface area contributed by atoms with Crippen LogP contribution < -0.4 is 5.32 Å². The highest BCUT2D eigenvalue weighted by molar-refractivity contribution is 5.92. The van der Waals surface area contributed by atoms with Crippen molar-refractivity contribution in [3.05, 3.63) is 53.6 Å². The van der Waals surface area contributed by atoms with Crippen molar-refractivity contribution in [2.24, 2.45) is 5.92 Å². The molecular formula is C21H23NO. The average Bonchev–Trinajstić information content (AvgIpc) is 2.94. The molecule has 0 bridgehead atoms. The standard InChI is InChI=1S/C21H23NO/c23-21(12-15-6-2-1-3-7-15)22-18-11-10-17-13-16-8-4-5-9-19(16)20(17)14-18/h4-5,8-11,14-15H,1-3,6-7,12-13H2,(H,22,23). The maximum atomic E-state index is 12.3.